The number of carbonyl (C=O) groups excluding carboxylic acids is 1. The van der Waals surface area contributed by atoms with Gasteiger partial charge in [0, 0.05) is 5.56 Å². The van der Waals surface area contributed by atoms with Crippen molar-refractivity contribution in [1.82, 2.24) is 0 Å². The summed E-state index contributed by atoms with van der Waals surface area (Å²) in [4.78, 5) is 12.7. The summed E-state index contributed by atoms with van der Waals surface area (Å²) < 4.78 is 6.11. The van der Waals surface area contributed by atoms with Gasteiger partial charge in [-0.15, -0.1) is 0 Å². The van der Waals surface area contributed by atoms with Gasteiger partial charge in [0.15, 0.2) is 5.78 Å². The van der Waals surface area contributed by atoms with Crippen molar-refractivity contribution in [3.63, 3.8) is 0 Å². The molecule has 172 valence electrons. The number of benzene rings is 1. The third-order valence-corrected chi connectivity index (χ3v) is 22.8. The van der Waals surface area contributed by atoms with Crippen molar-refractivity contribution in [2.75, 3.05) is 6.61 Å². The molecule has 0 aromatic heterocycles. The molecular formula is C27H44O2Si2. The zero-order chi connectivity index (χ0) is 23.3. The Morgan fingerprint density at radius 1 is 0.871 bits per heavy atom. The Balaban J connectivity index is 3.50. The number of ketones is 1. The number of hydrogen-bond acceptors (Lipinski definition) is 2. The van der Waals surface area contributed by atoms with Crippen LogP contribution in [0.15, 0.2) is 67.0 Å². The van der Waals surface area contributed by atoms with Crippen molar-refractivity contribution in [3.8, 4) is 0 Å². The number of allylic oxidation sites excluding steroid dienone is 3. The highest BCUT2D eigenvalue weighted by Gasteiger charge is 2.47. The van der Waals surface area contributed by atoms with E-state index in [2.05, 4.69) is 54.2 Å². The molecule has 0 unspecified atom stereocenters. The third-order valence-electron chi connectivity index (χ3n) is 7.70. The van der Waals surface area contributed by atoms with E-state index in [1.165, 1.54) is 36.3 Å². The lowest BCUT2D eigenvalue weighted by molar-refractivity contribution is 0.104. The summed E-state index contributed by atoms with van der Waals surface area (Å²) in [6.07, 6.45) is 7.79. The maximum Gasteiger partial charge on any atom is 0.185 e. The van der Waals surface area contributed by atoms with Crippen molar-refractivity contribution in [1.29, 1.82) is 0 Å². The minimum absolute atomic E-state index is 0.0141. The average Bonchev–Trinajstić information content (AvgIpc) is 2.83. The predicted octanol–water partition coefficient (Wildman–Crippen LogP) is 8.44. The van der Waals surface area contributed by atoms with Crippen LogP contribution in [0, 0.1) is 0 Å². The molecule has 1 rings (SSSR count). The molecule has 0 bridgehead atoms. The van der Waals surface area contributed by atoms with Gasteiger partial charge in [-0.3, -0.25) is 4.79 Å². The summed E-state index contributed by atoms with van der Waals surface area (Å²) in [5.41, 5.74) is 0.706. The van der Waals surface area contributed by atoms with Crippen LogP contribution >= 0.6 is 0 Å². The van der Waals surface area contributed by atoms with E-state index >= 15 is 0 Å². The van der Waals surface area contributed by atoms with Gasteiger partial charge in [0.1, 0.15) is 12.4 Å². The third kappa shape index (κ3) is 6.91. The van der Waals surface area contributed by atoms with Gasteiger partial charge in [-0.1, -0.05) is 121 Å². The molecule has 0 saturated heterocycles. The highest BCUT2D eigenvalue weighted by atomic mass is 28.4. The first kappa shape index (κ1) is 27.4. The molecule has 0 aliphatic heterocycles. The molecule has 0 aliphatic rings. The van der Waals surface area contributed by atoms with Gasteiger partial charge in [-0.25, -0.2) is 0 Å². The number of ether oxygens (including phenoxy) is 1. The molecule has 1 aromatic rings. The molecule has 0 heterocycles. The summed E-state index contributed by atoms with van der Waals surface area (Å²) in [5, 5.41) is 0.649. The van der Waals surface area contributed by atoms with Crippen LogP contribution < -0.4 is 0 Å². The van der Waals surface area contributed by atoms with Crippen LogP contribution in [0.2, 0.25) is 41.4 Å². The Morgan fingerprint density at radius 3 is 1.77 bits per heavy atom. The molecule has 0 aliphatic carbocycles. The first-order valence-corrected chi connectivity index (χ1v) is 17.5. The van der Waals surface area contributed by atoms with Crippen LogP contribution in [0.25, 0.3) is 0 Å². The van der Waals surface area contributed by atoms with Gasteiger partial charge < -0.3 is 4.74 Å². The molecule has 31 heavy (non-hydrogen) atoms. The molecule has 0 N–H and O–H groups in total. The van der Waals surface area contributed by atoms with Crippen LogP contribution in [-0.2, 0) is 4.74 Å². The summed E-state index contributed by atoms with van der Waals surface area (Å²) in [6.45, 7) is 18.7. The Labute approximate surface area is 193 Å². The van der Waals surface area contributed by atoms with Gasteiger partial charge in [-0.05, 0) is 23.4 Å². The van der Waals surface area contributed by atoms with E-state index in [0.29, 0.717) is 17.3 Å². The van der Waals surface area contributed by atoms with E-state index in [4.69, 9.17) is 4.74 Å². The van der Waals surface area contributed by atoms with Gasteiger partial charge in [-0.2, -0.15) is 0 Å². The fourth-order valence-electron chi connectivity index (χ4n) is 5.15. The first-order valence-electron chi connectivity index (χ1n) is 12.1. The van der Waals surface area contributed by atoms with Crippen LogP contribution in [0.5, 0.6) is 0 Å². The molecule has 4 heteroatoms. The molecular weight excluding hydrogens is 412 g/mol. The number of hydrogen-bond donors (Lipinski definition) is 0. The van der Waals surface area contributed by atoms with Gasteiger partial charge >= 0.3 is 0 Å². The van der Waals surface area contributed by atoms with E-state index in [0.717, 1.165) is 5.76 Å². The van der Waals surface area contributed by atoms with Gasteiger partial charge in [0.25, 0.3) is 0 Å². The fraction of sp³-hybridized carbons (Fsp3) is 0.519. The van der Waals surface area contributed by atoms with E-state index in [-0.39, 0.29) is 5.78 Å². The van der Waals surface area contributed by atoms with E-state index in [1.807, 2.05) is 36.4 Å². The molecule has 0 radical (unpaired) electrons. The molecule has 2 nitrogen and oxygen atoms in total. The SMILES string of the molecule is C=CCOC(=C\C([Si](CC)(CC)CC)[Si](CC)(CC)CC)/C=C/C(=O)c1ccccc1. The largest absolute Gasteiger partial charge is 0.490 e. The first-order chi connectivity index (χ1) is 14.9. The highest BCUT2D eigenvalue weighted by Crippen LogP contribution is 2.46. The Bertz CT molecular complexity index is 692. The van der Waals surface area contributed by atoms with Crippen LogP contribution in [0.3, 0.4) is 0 Å². The second-order valence-corrected chi connectivity index (χ2v) is 20.1. The van der Waals surface area contributed by atoms with Crippen molar-refractivity contribution in [2.24, 2.45) is 0 Å². The van der Waals surface area contributed by atoms with Gasteiger partial charge in [0.2, 0.25) is 0 Å². The highest BCUT2D eigenvalue weighted by molar-refractivity contribution is 7.00. The average molecular weight is 457 g/mol. The summed E-state index contributed by atoms with van der Waals surface area (Å²) in [6, 6.07) is 17.3. The lowest BCUT2D eigenvalue weighted by Gasteiger charge is -2.47. The standard InChI is InChI=1S/C27H44O2Si2/c1-8-22-29-25(20-21-26(28)24-18-16-15-17-19-24)23-27(30(9-2,10-3)11-4)31(12-5,13-6)14-7/h8,15-21,23,27H,1,9-14,22H2,2-7H3/b21-20+,25-23-. The van der Waals surface area contributed by atoms with Crippen LogP contribution in [0.4, 0.5) is 0 Å². The quantitative estimate of drug-likeness (QED) is 0.0661. The number of rotatable bonds is 15. The summed E-state index contributed by atoms with van der Waals surface area (Å²) in [7, 11) is -3.01. The molecule has 0 saturated carbocycles. The maximum absolute atomic E-state index is 12.7. The zero-order valence-corrected chi connectivity index (χ0v) is 22.7. The van der Waals surface area contributed by atoms with Crippen molar-refractivity contribution in [2.45, 2.75) is 83.0 Å². The minimum Gasteiger partial charge on any atom is -0.490 e. The molecule has 0 spiro atoms. The smallest absolute Gasteiger partial charge is 0.185 e. The van der Waals surface area contributed by atoms with Crippen molar-refractivity contribution < 1.29 is 9.53 Å². The monoisotopic (exact) mass is 456 g/mol. The Morgan fingerprint density at radius 2 is 1.35 bits per heavy atom. The van der Waals surface area contributed by atoms with Crippen LogP contribution in [-0.4, -0.2) is 28.5 Å². The minimum atomic E-state index is -1.51. The van der Waals surface area contributed by atoms with Crippen molar-refractivity contribution >= 4 is 21.9 Å². The molecule has 0 atom stereocenters. The lowest BCUT2D eigenvalue weighted by atomic mass is 10.1. The van der Waals surface area contributed by atoms with E-state index in [1.54, 1.807) is 12.2 Å². The zero-order valence-electron chi connectivity index (χ0n) is 20.7. The van der Waals surface area contributed by atoms with E-state index in [9.17, 15) is 4.79 Å². The van der Waals surface area contributed by atoms with Gasteiger partial charge in [0.05, 0.1) is 16.1 Å². The summed E-state index contributed by atoms with van der Waals surface area (Å²) >= 11 is 0. The second-order valence-electron chi connectivity index (χ2n) is 8.56. The molecule has 0 amide bonds. The Hall–Kier alpha value is -1.66. The number of carbonyl (C=O) groups is 1. The van der Waals surface area contributed by atoms with Crippen LogP contribution in [0.1, 0.15) is 51.9 Å². The Kier molecular flexibility index (Phi) is 12.1. The molecule has 1 aromatic carbocycles. The molecule has 0 fully saturated rings. The lowest BCUT2D eigenvalue weighted by Crippen LogP contribution is -2.52. The normalized spacial score (nSPS) is 13.1. The van der Waals surface area contributed by atoms with Crippen molar-refractivity contribution in [3.05, 3.63) is 72.5 Å². The van der Waals surface area contributed by atoms with E-state index < -0.39 is 16.1 Å². The summed E-state index contributed by atoms with van der Waals surface area (Å²) in [5.74, 6) is 0.855. The topological polar surface area (TPSA) is 26.3 Å². The predicted molar refractivity (Wildman–Crippen MR) is 142 cm³/mol. The fourth-order valence-corrected chi connectivity index (χ4v) is 20.7. The second kappa shape index (κ2) is 13.7. The maximum atomic E-state index is 12.7.